The number of urea groups is 1. The number of ether oxygens (including phenoxy) is 1. The first-order chi connectivity index (χ1) is 15.2. The fourth-order valence-corrected chi connectivity index (χ4v) is 5.56. The summed E-state index contributed by atoms with van der Waals surface area (Å²) in [4.78, 5) is 40.0. The first-order valence-electron chi connectivity index (χ1n) is 10.6. The van der Waals surface area contributed by atoms with Crippen LogP contribution in [0, 0.1) is 0 Å². The molecule has 2 heterocycles. The van der Waals surface area contributed by atoms with Gasteiger partial charge in [0.25, 0.3) is 0 Å². The number of amides is 2. The summed E-state index contributed by atoms with van der Waals surface area (Å²) < 4.78 is 5.87. The zero-order valence-corrected chi connectivity index (χ0v) is 18.1. The van der Waals surface area contributed by atoms with Gasteiger partial charge in [-0.25, -0.2) is 4.79 Å². The Morgan fingerprint density at radius 3 is 2.48 bits per heavy atom. The van der Waals surface area contributed by atoms with E-state index in [9.17, 15) is 14.4 Å². The molecular weight excluding hydrogens is 412 g/mol. The highest BCUT2D eigenvalue weighted by Gasteiger charge is 2.54. The third kappa shape index (κ3) is 4.77. The predicted octanol–water partition coefficient (Wildman–Crippen LogP) is 4.37. The Bertz CT molecular complexity index is 908. The molecule has 0 aliphatic carbocycles. The number of hydrogen-bond donors (Lipinski definition) is 0. The SMILES string of the molecule is O=CCCCCC(=O)OC1C2CSC(c3ccccc3)N2C(=O)N1Cc1ccccc1. The summed E-state index contributed by atoms with van der Waals surface area (Å²) in [5, 5.41) is -0.0896. The monoisotopic (exact) mass is 438 g/mol. The van der Waals surface area contributed by atoms with Crippen molar-refractivity contribution >= 4 is 30.0 Å². The fraction of sp³-hybridized carbons (Fsp3) is 0.375. The quantitative estimate of drug-likeness (QED) is 0.330. The zero-order chi connectivity index (χ0) is 21.6. The summed E-state index contributed by atoms with van der Waals surface area (Å²) in [5.74, 6) is 0.386. The summed E-state index contributed by atoms with van der Waals surface area (Å²) in [7, 11) is 0. The topological polar surface area (TPSA) is 66.9 Å². The molecule has 162 valence electrons. The van der Waals surface area contributed by atoms with Crippen LogP contribution in [0.4, 0.5) is 4.79 Å². The zero-order valence-electron chi connectivity index (χ0n) is 17.3. The molecule has 3 atom stereocenters. The third-order valence-electron chi connectivity index (χ3n) is 5.62. The highest BCUT2D eigenvalue weighted by molar-refractivity contribution is 7.99. The van der Waals surface area contributed by atoms with Crippen molar-refractivity contribution in [2.24, 2.45) is 0 Å². The lowest BCUT2D eigenvalue weighted by molar-refractivity contribution is -0.157. The maximum atomic E-state index is 13.5. The lowest BCUT2D eigenvalue weighted by atomic mass is 10.2. The van der Waals surface area contributed by atoms with Crippen molar-refractivity contribution in [1.82, 2.24) is 9.80 Å². The number of nitrogens with zero attached hydrogens (tertiary/aromatic N) is 2. The van der Waals surface area contributed by atoms with Crippen molar-refractivity contribution in [2.75, 3.05) is 5.75 Å². The van der Waals surface area contributed by atoms with E-state index in [1.807, 2.05) is 65.6 Å². The second kappa shape index (κ2) is 10.0. The van der Waals surface area contributed by atoms with Gasteiger partial charge in [0.1, 0.15) is 17.7 Å². The smallest absolute Gasteiger partial charge is 0.324 e. The number of hydrogen-bond acceptors (Lipinski definition) is 5. The van der Waals surface area contributed by atoms with Crippen molar-refractivity contribution in [3.05, 3.63) is 71.8 Å². The first-order valence-corrected chi connectivity index (χ1v) is 11.7. The van der Waals surface area contributed by atoms with Crippen LogP contribution < -0.4 is 0 Å². The van der Waals surface area contributed by atoms with E-state index >= 15 is 0 Å². The molecule has 0 spiro atoms. The van der Waals surface area contributed by atoms with E-state index in [0.29, 0.717) is 31.6 Å². The number of aldehydes is 1. The third-order valence-corrected chi connectivity index (χ3v) is 6.97. The minimum atomic E-state index is -0.618. The number of benzene rings is 2. The van der Waals surface area contributed by atoms with Gasteiger partial charge in [-0.2, -0.15) is 0 Å². The van der Waals surface area contributed by atoms with Gasteiger partial charge in [-0.15, -0.1) is 11.8 Å². The lowest BCUT2D eigenvalue weighted by Gasteiger charge is -2.26. The predicted molar refractivity (Wildman–Crippen MR) is 119 cm³/mol. The van der Waals surface area contributed by atoms with Crippen LogP contribution in [0.5, 0.6) is 0 Å². The highest BCUT2D eigenvalue weighted by atomic mass is 32.2. The molecule has 7 heteroatoms. The Balaban J connectivity index is 1.53. The summed E-state index contributed by atoms with van der Waals surface area (Å²) in [6, 6.07) is 19.4. The largest absolute Gasteiger partial charge is 0.439 e. The minimum Gasteiger partial charge on any atom is -0.439 e. The molecule has 3 unspecified atom stereocenters. The van der Waals surface area contributed by atoms with Crippen LogP contribution in [0.2, 0.25) is 0 Å². The summed E-state index contributed by atoms with van der Waals surface area (Å²) in [6.45, 7) is 0.391. The van der Waals surface area contributed by atoms with Crippen molar-refractivity contribution in [1.29, 1.82) is 0 Å². The van der Waals surface area contributed by atoms with Gasteiger partial charge < -0.3 is 9.53 Å². The number of fused-ring (bicyclic) bond motifs is 1. The average Bonchev–Trinajstić information content (AvgIpc) is 3.34. The van der Waals surface area contributed by atoms with E-state index in [2.05, 4.69) is 0 Å². The van der Waals surface area contributed by atoms with Crippen molar-refractivity contribution in [2.45, 2.75) is 49.9 Å². The Hall–Kier alpha value is -2.80. The van der Waals surface area contributed by atoms with Crippen LogP contribution in [0.25, 0.3) is 0 Å². The van der Waals surface area contributed by atoms with Crippen LogP contribution in [0.15, 0.2) is 60.7 Å². The number of thioether (sulfide) groups is 1. The molecule has 0 N–H and O–H groups in total. The van der Waals surface area contributed by atoms with Gasteiger partial charge in [0.15, 0.2) is 0 Å². The molecule has 2 aromatic rings. The van der Waals surface area contributed by atoms with Gasteiger partial charge in [0.05, 0.1) is 6.54 Å². The van der Waals surface area contributed by atoms with E-state index in [1.54, 1.807) is 16.7 Å². The molecule has 6 nitrogen and oxygen atoms in total. The second-order valence-corrected chi connectivity index (χ2v) is 8.87. The molecule has 31 heavy (non-hydrogen) atoms. The highest BCUT2D eigenvalue weighted by Crippen LogP contribution is 2.47. The molecule has 2 aliphatic heterocycles. The van der Waals surface area contributed by atoms with Crippen molar-refractivity contribution in [3.63, 3.8) is 0 Å². The molecule has 2 fully saturated rings. The number of rotatable bonds is 9. The van der Waals surface area contributed by atoms with Gasteiger partial charge in [-0.3, -0.25) is 14.6 Å². The van der Waals surface area contributed by atoms with Crippen molar-refractivity contribution < 1.29 is 19.1 Å². The Morgan fingerprint density at radius 1 is 1.06 bits per heavy atom. The van der Waals surface area contributed by atoms with Gasteiger partial charge >= 0.3 is 12.0 Å². The van der Waals surface area contributed by atoms with Gasteiger partial charge in [-0.05, 0) is 24.0 Å². The molecule has 2 aliphatic rings. The van der Waals surface area contributed by atoms with E-state index in [4.69, 9.17) is 4.74 Å². The summed E-state index contributed by atoms with van der Waals surface area (Å²) in [5.41, 5.74) is 2.07. The molecule has 0 bridgehead atoms. The van der Waals surface area contributed by atoms with Crippen LogP contribution in [0.3, 0.4) is 0 Å². The number of carbonyl (C=O) groups is 3. The van der Waals surface area contributed by atoms with E-state index in [-0.39, 0.29) is 29.8 Å². The fourth-order valence-electron chi connectivity index (χ4n) is 4.10. The van der Waals surface area contributed by atoms with E-state index < -0.39 is 6.23 Å². The Morgan fingerprint density at radius 2 is 1.77 bits per heavy atom. The second-order valence-electron chi connectivity index (χ2n) is 7.76. The van der Waals surface area contributed by atoms with Crippen LogP contribution in [0.1, 0.15) is 42.2 Å². The van der Waals surface area contributed by atoms with Crippen molar-refractivity contribution in [3.8, 4) is 0 Å². The van der Waals surface area contributed by atoms with Crippen LogP contribution >= 0.6 is 11.8 Å². The van der Waals surface area contributed by atoms with Gasteiger partial charge in [-0.1, -0.05) is 60.7 Å². The molecule has 2 aromatic carbocycles. The number of esters is 1. The molecule has 2 amide bonds. The van der Waals surface area contributed by atoms with E-state index in [0.717, 1.165) is 17.4 Å². The number of unbranched alkanes of at least 4 members (excludes halogenated alkanes) is 2. The standard InChI is InChI=1S/C24H26N2O4S/c27-15-9-3-8-14-21(28)30-22-20-17-31-23(19-12-6-2-7-13-19)26(20)24(29)25(22)16-18-10-4-1-5-11-18/h1-2,4-7,10-13,15,20,22-23H,3,8-9,14,16-17H2. The average molecular weight is 439 g/mol. The molecular formula is C24H26N2O4S. The van der Waals surface area contributed by atoms with Gasteiger partial charge in [0, 0.05) is 18.6 Å². The van der Waals surface area contributed by atoms with Gasteiger partial charge in [0.2, 0.25) is 6.23 Å². The Labute approximate surface area is 186 Å². The molecule has 0 saturated carbocycles. The normalized spacial score (nSPS) is 22.5. The minimum absolute atomic E-state index is 0.0896. The Kier molecular flexibility index (Phi) is 6.92. The van der Waals surface area contributed by atoms with Crippen LogP contribution in [-0.2, 0) is 20.9 Å². The molecule has 4 rings (SSSR count). The summed E-state index contributed by atoms with van der Waals surface area (Å²) in [6.07, 6.45) is 2.21. The van der Waals surface area contributed by atoms with Crippen LogP contribution in [-0.4, -0.2) is 46.1 Å². The lowest BCUT2D eigenvalue weighted by Crippen LogP contribution is -2.40. The maximum Gasteiger partial charge on any atom is 0.324 e. The number of carbonyl (C=O) groups excluding carboxylic acids is 3. The maximum absolute atomic E-state index is 13.5. The summed E-state index contributed by atoms with van der Waals surface area (Å²) >= 11 is 1.70. The molecule has 0 radical (unpaired) electrons. The molecule has 0 aromatic heterocycles. The van der Waals surface area contributed by atoms with E-state index in [1.165, 1.54) is 0 Å². The molecule has 2 saturated heterocycles. The first kappa shape index (κ1) is 21.4.